The quantitative estimate of drug-likeness (QED) is 0.769. The molecule has 2 amide bonds. The van der Waals surface area contributed by atoms with Crippen molar-refractivity contribution < 1.29 is 14.4 Å². The van der Waals surface area contributed by atoms with Crippen LogP contribution in [0.5, 0.6) is 0 Å². The number of anilines is 1. The summed E-state index contributed by atoms with van der Waals surface area (Å²) in [6.07, 6.45) is 2.93. The molecule has 0 aromatic heterocycles. The van der Waals surface area contributed by atoms with Crippen LogP contribution in [0.15, 0.2) is 60.3 Å². The molecule has 1 saturated heterocycles. The van der Waals surface area contributed by atoms with Crippen LogP contribution in [-0.4, -0.2) is 35.4 Å². The number of carbonyl (C=O) groups excluding carboxylic acids is 2. The number of hydrogen-bond acceptors (Lipinski definition) is 4. The molecular weight excluding hydrogens is 413 g/mol. The van der Waals surface area contributed by atoms with E-state index in [1.807, 2.05) is 30.3 Å². The van der Waals surface area contributed by atoms with Crippen molar-refractivity contribution in [2.45, 2.75) is 18.4 Å². The van der Waals surface area contributed by atoms with Crippen molar-refractivity contribution in [3.8, 4) is 0 Å². The SMILES string of the molecule is O=C(Nc1ccccc1)C1=CC2(CCN(C(=O)c3cccc(Cl)c3Cl)CC2)ON1. The second-order valence-electron chi connectivity index (χ2n) is 7.04. The Morgan fingerprint density at radius 3 is 2.48 bits per heavy atom. The fraction of sp³-hybridized carbons (Fsp3) is 0.238. The largest absolute Gasteiger partial charge is 0.338 e. The summed E-state index contributed by atoms with van der Waals surface area (Å²) in [7, 11) is 0. The van der Waals surface area contributed by atoms with Crippen molar-refractivity contribution in [2.24, 2.45) is 0 Å². The molecule has 1 spiro atoms. The number of piperidine rings is 1. The highest BCUT2D eigenvalue weighted by atomic mass is 35.5. The molecule has 29 heavy (non-hydrogen) atoms. The highest BCUT2D eigenvalue weighted by Crippen LogP contribution is 2.34. The third-order valence-corrected chi connectivity index (χ3v) is 5.95. The number of hydrogen-bond donors (Lipinski definition) is 2. The Morgan fingerprint density at radius 2 is 1.76 bits per heavy atom. The van der Waals surface area contributed by atoms with Gasteiger partial charge in [-0.05, 0) is 30.3 Å². The van der Waals surface area contributed by atoms with Gasteiger partial charge in [-0.15, -0.1) is 0 Å². The number of nitrogens with zero attached hydrogens (tertiary/aromatic N) is 1. The van der Waals surface area contributed by atoms with Crippen molar-refractivity contribution in [1.29, 1.82) is 0 Å². The minimum absolute atomic E-state index is 0.163. The lowest BCUT2D eigenvalue weighted by atomic mass is 9.90. The molecule has 0 radical (unpaired) electrons. The van der Waals surface area contributed by atoms with Gasteiger partial charge in [-0.3, -0.25) is 19.9 Å². The predicted octanol–water partition coefficient (Wildman–Crippen LogP) is 4.03. The van der Waals surface area contributed by atoms with Crippen molar-refractivity contribution >= 4 is 40.7 Å². The van der Waals surface area contributed by atoms with E-state index in [-0.39, 0.29) is 16.8 Å². The lowest BCUT2D eigenvalue weighted by molar-refractivity contribution is -0.115. The third kappa shape index (κ3) is 4.10. The number of nitrogens with one attached hydrogen (secondary N) is 2. The lowest BCUT2D eigenvalue weighted by Crippen LogP contribution is -2.46. The average Bonchev–Trinajstić information content (AvgIpc) is 3.15. The van der Waals surface area contributed by atoms with E-state index in [4.69, 9.17) is 28.0 Å². The standard InChI is InChI=1S/C21H19Cl2N3O3/c22-16-8-4-7-15(18(16)23)20(28)26-11-9-21(10-12-26)13-17(25-29-21)19(27)24-14-5-2-1-3-6-14/h1-8,13,25H,9-12H2,(H,24,27). The van der Waals surface area contributed by atoms with E-state index < -0.39 is 5.60 Å². The van der Waals surface area contributed by atoms with Crippen LogP contribution < -0.4 is 10.8 Å². The molecule has 0 aliphatic carbocycles. The average molecular weight is 432 g/mol. The molecule has 4 rings (SSSR count). The Kier molecular flexibility index (Phi) is 5.50. The van der Waals surface area contributed by atoms with Crippen LogP contribution in [0.1, 0.15) is 23.2 Å². The van der Waals surface area contributed by atoms with E-state index in [1.165, 1.54) is 0 Å². The van der Waals surface area contributed by atoms with E-state index >= 15 is 0 Å². The van der Waals surface area contributed by atoms with Gasteiger partial charge in [0.25, 0.3) is 11.8 Å². The van der Waals surface area contributed by atoms with Crippen LogP contribution >= 0.6 is 23.2 Å². The first-order valence-electron chi connectivity index (χ1n) is 9.24. The molecule has 8 heteroatoms. The maximum absolute atomic E-state index is 12.8. The zero-order valence-electron chi connectivity index (χ0n) is 15.5. The minimum Gasteiger partial charge on any atom is -0.338 e. The Bertz CT molecular complexity index is 970. The van der Waals surface area contributed by atoms with Crippen molar-refractivity contribution in [2.75, 3.05) is 18.4 Å². The molecule has 2 N–H and O–H groups in total. The molecule has 2 aromatic rings. The molecule has 2 aliphatic heterocycles. The first-order chi connectivity index (χ1) is 14.0. The number of likely N-dealkylation sites (tertiary alicyclic amines) is 1. The van der Waals surface area contributed by atoms with Crippen LogP contribution in [-0.2, 0) is 9.63 Å². The molecular formula is C21H19Cl2N3O3. The van der Waals surface area contributed by atoms with E-state index in [0.717, 1.165) is 0 Å². The van der Waals surface area contributed by atoms with E-state index in [9.17, 15) is 9.59 Å². The van der Waals surface area contributed by atoms with Gasteiger partial charge < -0.3 is 10.2 Å². The van der Waals surface area contributed by atoms with Crippen LogP contribution in [0.3, 0.4) is 0 Å². The summed E-state index contributed by atoms with van der Waals surface area (Å²) in [5.74, 6) is -0.429. The molecule has 0 atom stereocenters. The number of carbonyl (C=O) groups is 2. The second kappa shape index (κ2) is 8.06. The van der Waals surface area contributed by atoms with Gasteiger partial charge in [-0.1, -0.05) is 47.5 Å². The van der Waals surface area contributed by atoms with Gasteiger partial charge in [-0.2, -0.15) is 0 Å². The van der Waals surface area contributed by atoms with Gasteiger partial charge in [0.05, 0.1) is 15.6 Å². The van der Waals surface area contributed by atoms with Crippen molar-refractivity contribution in [3.05, 3.63) is 75.9 Å². The number of para-hydroxylation sites is 1. The molecule has 0 bridgehead atoms. The summed E-state index contributed by atoms with van der Waals surface area (Å²) in [6, 6.07) is 14.2. The first-order valence-corrected chi connectivity index (χ1v) is 10.00. The maximum Gasteiger partial charge on any atom is 0.273 e. The van der Waals surface area contributed by atoms with Gasteiger partial charge in [0.15, 0.2) is 0 Å². The molecule has 2 heterocycles. The molecule has 2 aromatic carbocycles. The fourth-order valence-corrected chi connectivity index (χ4v) is 3.87. The Hall–Kier alpha value is -2.54. The highest BCUT2D eigenvalue weighted by Gasteiger charge is 2.41. The van der Waals surface area contributed by atoms with Crippen LogP contribution in [0.2, 0.25) is 10.0 Å². The summed E-state index contributed by atoms with van der Waals surface area (Å²) in [6.45, 7) is 0.959. The normalized spacial score (nSPS) is 17.6. The molecule has 6 nitrogen and oxygen atoms in total. The predicted molar refractivity (Wildman–Crippen MR) is 112 cm³/mol. The number of hydroxylamine groups is 1. The lowest BCUT2D eigenvalue weighted by Gasteiger charge is -2.36. The topological polar surface area (TPSA) is 70.7 Å². The molecule has 0 unspecified atom stereocenters. The number of halogens is 2. The monoisotopic (exact) mass is 431 g/mol. The molecule has 150 valence electrons. The third-order valence-electron chi connectivity index (χ3n) is 5.13. The van der Waals surface area contributed by atoms with Crippen molar-refractivity contribution in [1.82, 2.24) is 10.4 Å². The van der Waals surface area contributed by atoms with Gasteiger partial charge in [0, 0.05) is 31.6 Å². The minimum atomic E-state index is -0.613. The Labute approximate surface area is 178 Å². The second-order valence-corrected chi connectivity index (χ2v) is 7.83. The zero-order chi connectivity index (χ0) is 20.4. The summed E-state index contributed by atoms with van der Waals surface area (Å²) in [5, 5.41) is 3.44. The molecule has 0 saturated carbocycles. The number of rotatable bonds is 3. The van der Waals surface area contributed by atoms with Crippen LogP contribution in [0.4, 0.5) is 5.69 Å². The van der Waals surface area contributed by atoms with Crippen LogP contribution in [0, 0.1) is 0 Å². The van der Waals surface area contributed by atoms with Gasteiger partial charge in [0.2, 0.25) is 0 Å². The van der Waals surface area contributed by atoms with Gasteiger partial charge in [-0.25, -0.2) is 0 Å². The first kappa shape index (κ1) is 19.8. The van der Waals surface area contributed by atoms with Crippen LogP contribution in [0.25, 0.3) is 0 Å². The van der Waals surface area contributed by atoms with E-state index in [2.05, 4.69) is 10.8 Å². The molecule has 2 aliphatic rings. The van der Waals surface area contributed by atoms with Gasteiger partial charge in [0.1, 0.15) is 11.3 Å². The summed E-state index contributed by atoms with van der Waals surface area (Å²) in [5.41, 5.74) is 3.59. The maximum atomic E-state index is 12.8. The Balaban J connectivity index is 1.40. The number of benzene rings is 2. The summed E-state index contributed by atoms with van der Waals surface area (Å²) >= 11 is 12.2. The van der Waals surface area contributed by atoms with Gasteiger partial charge >= 0.3 is 0 Å². The van der Waals surface area contributed by atoms with E-state index in [0.29, 0.717) is 47.9 Å². The zero-order valence-corrected chi connectivity index (χ0v) is 17.0. The summed E-state index contributed by atoms with van der Waals surface area (Å²) in [4.78, 5) is 32.7. The smallest absolute Gasteiger partial charge is 0.273 e. The highest BCUT2D eigenvalue weighted by molar-refractivity contribution is 6.43. The van der Waals surface area contributed by atoms with Crippen molar-refractivity contribution in [3.63, 3.8) is 0 Å². The fourth-order valence-electron chi connectivity index (χ4n) is 3.48. The van der Waals surface area contributed by atoms with E-state index in [1.54, 1.807) is 29.2 Å². The number of amides is 2. The summed E-state index contributed by atoms with van der Waals surface area (Å²) < 4.78 is 0. The Morgan fingerprint density at radius 1 is 1.03 bits per heavy atom. The molecule has 1 fully saturated rings.